The molecule has 4 rings (SSSR count). The molecule has 0 saturated carbocycles. The number of hydrogen-bond donors (Lipinski definition) is 1. The van der Waals surface area contributed by atoms with Crippen LogP contribution in [0.2, 0.25) is 0 Å². The zero-order valence-corrected chi connectivity index (χ0v) is 14.7. The molecule has 2 aromatic carbocycles. The summed E-state index contributed by atoms with van der Waals surface area (Å²) in [5.74, 6) is -1.50. The SMILES string of the molecule is O=C(OCC1c2ccccc2-c2ccccc21)N1CCC(F)(C(=O)O)CC1. The van der Waals surface area contributed by atoms with Crippen molar-refractivity contribution in [1.82, 2.24) is 4.90 Å². The van der Waals surface area contributed by atoms with Crippen LogP contribution in [0.4, 0.5) is 9.18 Å². The number of halogens is 1. The van der Waals surface area contributed by atoms with E-state index in [4.69, 9.17) is 9.84 Å². The Morgan fingerprint density at radius 2 is 1.56 bits per heavy atom. The van der Waals surface area contributed by atoms with Crippen molar-refractivity contribution in [1.29, 1.82) is 0 Å². The molecule has 0 atom stereocenters. The fraction of sp³-hybridized carbons (Fsp3) is 0.333. The second-order valence-corrected chi connectivity index (χ2v) is 7.06. The van der Waals surface area contributed by atoms with Gasteiger partial charge in [0.05, 0.1) is 0 Å². The molecule has 1 aliphatic carbocycles. The van der Waals surface area contributed by atoms with E-state index in [1.807, 2.05) is 36.4 Å². The zero-order chi connectivity index (χ0) is 19.0. The highest BCUT2D eigenvalue weighted by Crippen LogP contribution is 2.44. The lowest BCUT2D eigenvalue weighted by Crippen LogP contribution is -2.48. The number of hydrogen-bond acceptors (Lipinski definition) is 3. The average Bonchev–Trinajstić information content (AvgIpc) is 3.00. The van der Waals surface area contributed by atoms with Crippen molar-refractivity contribution in [3.63, 3.8) is 0 Å². The number of piperidine rings is 1. The van der Waals surface area contributed by atoms with Crippen LogP contribution in [0.25, 0.3) is 11.1 Å². The smallest absolute Gasteiger partial charge is 0.409 e. The fourth-order valence-electron chi connectivity index (χ4n) is 3.94. The number of carbonyl (C=O) groups is 2. The molecular formula is C21H20FNO4. The van der Waals surface area contributed by atoms with Crippen molar-refractivity contribution < 1.29 is 23.8 Å². The summed E-state index contributed by atoms with van der Waals surface area (Å²) in [6, 6.07) is 16.1. The summed E-state index contributed by atoms with van der Waals surface area (Å²) < 4.78 is 19.6. The lowest BCUT2D eigenvalue weighted by atomic mass is 9.94. The molecule has 0 aromatic heterocycles. The molecule has 6 heteroatoms. The van der Waals surface area contributed by atoms with Gasteiger partial charge in [0.2, 0.25) is 5.67 Å². The number of rotatable bonds is 3. The lowest BCUT2D eigenvalue weighted by molar-refractivity contribution is -0.154. The van der Waals surface area contributed by atoms with Crippen LogP contribution < -0.4 is 0 Å². The Hall–Kier alpha value is -2.89. The van der Waals surface area contributed by atoms with E-state index in [0.29, 0.717) is 0 Å². The molecule has 0 unspecified atom stereocenters. The van der Waals surface area contributed by atoms with Gasteiger partial charge in [0, 0.05) is 31.8 Å². The van der Waals surface area contributed by atoms with Gasteiger partial charge < -0.3 is 14.7 Å². The van der Waals surface area contributed by atoms with Gasteiger partial charge in [-0.15, -0.1) is 0 Å². The number of carboxylic acids is 1. The maximum atomic E-state index is 14.1. The third-order valence-electron chi connectivity index (χ3n) is 5.53. The third kappa shape index (κ3) is 3.05. The molecule has 1 fully saturated rings. The van der Waals surface area contributed by atoms with Crippen LogP contribution in [-0.4, -0.2) is 47.4 Å². The van der Waals surface area contributed by atoms with Crippen molar-refractivity contribution in [2.45, 2.75) is 24.4 Å². The van der Waals surface area contributed by atoms with Crippen LogP contribution in [0.15, 0.2) is 48.5 Å². The Kier molecular flexibility index (Phi) is 4.34. The fourth-order valence-corrected chi connectivity index (χ4v) is 3.94. The highest BCUT2D eigenvalue weighted by molar-refractivity contribution is 5.79. The van der Waals surface area contributed by atoms with Gasteiger partial charge in [-0.3, -0.25) is 0 Å². The number of nitrogens with zero attached hydrogens (tertiary/aromatic N) is 1. The molecule has 1 heterocycles. The molecule has 0 spiro atoms. The highest BCUT2D eigenvalue weighted by atomic mass is 19.1. The molecule has 140 valence electrons. The number of carbonyl (C=O) groups excluding carboxylic acids is 1. The standard InChI is InChI=1S/C21H20FNO4/c22-21(19(24)25)9-11-23(12-10-21)20(26)27-13-18-16-7-3-1-5-14(16)15-6-2-4-8-17(15)18/h1-8,18H,9-13H2,(H,24,25). The summed E-state index contributed by atoms with van der Waals surface area (Å²) in [5, 5.41) is 8.95. The summed E-state index contributed by atoms with van der Waals surface area (Å²) in [7, 11) is 0. The number of benzene rings is 2. The molecule has 1 N–H and O–H groups in total. The number of likely N-dealkylation sites (tertiary alicyclic amines) is 1. The van der Waals surface area contributed by atoms with Gasteiger partial charge in [-0.2, -0.15) is 0 Å². The van der Waals surface area contributed by atoms with Gasteiger partial charge in [-0.05, 0) is 22.3 Å². The minimum Gasteiger partial charge on any atom is -0.479 e. The monoisotopic (exact) mass is 369 g/mol. The number of ether oxygens (including phenoxy) is 1. The van der Waals surface area contributed by atoms with Crippen molar-refractivity contribution in [2.24, 2.45) is 0 Å². The Bertz CT molecular complexity index is 844. The van der Waals surface area contributed by atoms with E-state index in [1.54, 1.807) is 0 Å². The van der Waals surface area contributed by atoms with Crippen LogP contribution >= 0.6 is 0 Å². The quantitative estimate of drug-likeness (QED) is 0.893. The maximum absolute atomic E-state index is 14.1. The predicted molar refractivity (Wildman–Crippen MR) is 97.4 cm³/mol. The first-order chi connectivity index (χ1) is 13.0. The second kappa shape index (κ2) is 6.68. The maximum Gasteiger partial charge on any atom is 0.409 e. The summed E-state index contributed by atoms with van der Waals surface area (Å²) >= 11 is 0. The molecule has 1 aliphatic heterocycles. The third-order valence-corrected chi connectivity index (χ3v) is 5.53. The molecule has 1 amide bonds. The first-order valence-electron chi connectivity index (χ1n) is 9.02. The van der Waals surface area contributed by atoms with Gasteiger partial charge in [0.25, 0.3) is 0 Å². The molecule has 0 bridgehead atoms. The number of carboxylic acid groups (broad SMARTS) is 1. The van der Waals surface area contributed by atoms with Gasteiger partial charge in [-0.25, -0.2) is 14.0 Å². The van der Waals surface area contributed by atoms with Gasteiger partial charge >= 0.3 is 12.1 Å². The normalized spacial score (nSPS) is 17.9. The minimum atomic E-state index is -2.25. The van der Waals surface area contributed by atoms with Crippen LogP contribution in [-0.2, 0) is 9.53 Å². The van der Waals surface area contributed by atoms with Crippen molar-refractivity contribution in [3.8, 4) is 11.1 Å². The van der Waals surface area contributed by atoms with Crippen molar-refractivity contribution >= 4 is 12.1 Å². The van der Waals surface area contributed by atoms with E-state index in [0.717, 1.165) is 22.3 Å². The summed E-state index contributed by atoms with van der Waals surface area (Å²) in [5.41, 5.74) is 2.30. The molecular weight excluding hydrogens is 349 g/mol. The van der Waals surface area contributed by atoms with E-state index in [2.05, 4.69) is 12.1 Å². The van der Waals surface area contributed by atoms with Crippen LogP contribution in [0, 0.1) is 0 Å². The molecule has 2 aliphatic rings. The molecule has 1 saturated heterocycles. The van der Waals surface area contributed by atoms with Gasteiger partial charge in [-0.1, -0.05) is 48.5 Å². The predicted octanol–water partition coefficient (Wildman–Crippen LogP) is 3.82. The van der Waals surface area contributed by atoms with Crippen molar-refractivity contribution in [2.75, 3.05) is 19.7 Å². The number of aliphatic carboxylic acids is 1. The Morgan fingerprint density at radius 1 is 1.04 bits per heavy atom. The number of alkyl halides is 1. The highest BCUT2D eigenvalue weighted by Gasteiger charge is 2.43. The first kappa shape index (κ1) is 17.5. The topological polar surface area (TPSA) is 66.8 Å². The second-order valence-electron chi connectivity index (χ2n) is 7.06. The van der Waals surface area contributed by atoms with Crippen LogP contribution in [0.5, 0.6) is 0 Å². The Labute approximate surface area is 156 Å². The molecule has 2 aromatic rings. The summed E-state index contributed by atoms with van der Waals surface area (Å²) in [6.07, 6.45) is -0.955. The van der Waals surface area contributed by atoms with Gasteiger partial charge in [0.15, 0.2) is 0 Å². The summed E-state index contributed by atoms with van der Waals surface area (Å²) in [6.45, 7) is 0.280. The largest absolute Gasteiger partial charge is 0.479 e. The Morgan fingerprint density at radius 3 is 2.07 bits per heavy atom. The first-order valence-corrected chi connectivity index (χ1v) is 9.02. The number of amides is 1. The average molecular weight is 369 g/mol. The van der Waals surface area contributed by atoms with Crippen molar-refractivity contribution in [3.05, 3.63) is 59.7 Å². The van der Waals surface area contributed by atoms with Gasteiger partial charge in [0.1, 0.15) is 6.61 Å². The molecule has 5 nitrogen and oxygen atoms in total. The number of fused-ring (bicyclic) bond motifs is 3. The molecule has 27 heavy (non-hydrogen) atoms. The van der Waals surface area contributed by atoms with Crippen LogP contribution in [0.1, 0.15) is 29.9 Å². The van der Waals surface area contributed by atoms with E-state index >= 15 is 0 Å². The van der Waals surface area contributed by atoms with E-state index in [1.165, 1.54) is 4.90 Å². The van der Waals surface area contributed by atoms with E-state index < -0.39 is 17.7 Å². The van der Waals surface area contributed by atoms with E-state index in [9.17, 15) is 14.0 Å². The Balaban J connectivity index is 1.44. The van der Waals surface area contributed by atoms with Crippen LogP contribution in [0.3, 0.4) is 0 Å². The molecule has 0 radical (unpaired) electrons. The lowest BCUT2D eigenvalue weighted by Gasteiger charge is -2.33. The summed E-state index contributed by atoms with van der Waals surface area (Å²) in [4.78, 5) is 24.8. The minimum absolute atomic E-state index is 0.0366. The van der Waals surface area contributed by atoms with E-state index in [-0.39, 0.29) is 38.5 Å². The zero-order valence-electron chi connectivity index (χ0n) is 14.7.